The van der Waals surface area contributed by atoms with Gasteiger partial charge in [0, 0.05) is 18.5 Å². The summed E-state index contributed by atoms with van der Waals surface area (Å²) in [6.07, 6.45) is 0.261. The summed E-state index contributed by atoms with van der Waals surface area (Å²) in [6, 6.07) is 8.87. The molecule has 1 amide bonds. The van der Waals surface area contributed by atoms with E-state index in [1.54, 1.807) is 23.1 Å². The molecular weight excluding hydrogens is 388 g/mol. The highest BCUT2D eigenvalue weighted by atomic mass is 35.5. The minimum absolute atomic E-state index is 0.177. The smallest absolute Gasteiger partial charge is 0.306 e. The summed E-state index contributed by atoms with van der Waals surface area (Å²) >= 11 is 7.22. The van der Waals surface area contributed by atoms with Gasteiger partial charge in [0.1, 0.15) is 5.71 Å². The van der Waals surface area contributed by atoms with Gasteiger partial charge in [0.25, 0.3) is 5.91 Å². The molecule has 0 saturated carbocycles. The molecule has 2 aromatic rings. The summed E-state index contributed by atoms with van der Waals surface area (Å²) in [5.41, 5.74) is 2.26. The summed E-state index contributed by atoms with van der Waals surface area (Å²) in [5.74, 6) is -0.177. The third-order valence-corrected chi connectivity index (χ3v) is 5.24. The number of amides is 1. The van der Waals surface area contributed by atoms with Crippen LogP contribution in [0, 0.1) is 6.92 Å². The number of halogens is 1. The van der Waals surface area contributed by atoms with Gasteiger partial charge in [0.15, 0.2) is 0 Å². The number of aryl methyl sites for hydroxylation is 1. The van der Waals surface area contributed by atoms with E-state index >= 15 is 0 Å². The number of hydrogen-bond donors (Lipinski definition) is 1. The van der Waals surface area contributed by atoms with Crippen molar-refractivity contribution in [2.24, 2.45) is 5.16 Å². The Morgan fingerprint density at radius 1 is 1.40 bits per heavy atom. The lowest BCUT2D eigenvalue weighted by Gasteiger charge is -2.28. The molecule has 0 saturated heterocycles. The molecule has 1 aromatic heterocycles. The molecule has 0 atom stereocenters. The van der Waals surface area contributed by atoms with Gasteiger partial charge in [0.05, 0.1) is 14.9 Å². The van der Waals surface area contributed by atoms with Gasteiger partial charge in [0.2, 0.25) is 0 Å². The standard InChI is InChI=1S/C15H13ClN2O5S2/c1-9-4-2-3-5-10(9)15(19)18-7-6-11(17-23-25(20,21)22)14-12(18)8-13(16)24-14/h2-5,8H,6-7H2,1H3,(H,20,21,22)/b17-11-. The summed E-state index contributed by atoms with van der Waals surface area (Å²) in [6.45, 7) is 2.13. The molecule has 0 bridgehead atoms. The molecule has 1 N–H and O–H groups in total. The zero-order valence-electron chi connectivity index (χ0n) is 13.0. The van der Waals surface area contributed by atoms with E-state index in [-0.39, 0.29) is 18.9 Å². The number of anilines is 1. The zero-order chi connectivity index (χ0) is 18.2. The molecule has 1 aliphatic heterocycles. The average molecular weight is 401 g/mol. The summed E-state index contributed by atoms with van der Waals surface area (Å²) < 4.78 is 34.7. The largest absolute Gasteiger partial charge is 0.466 e. The predicted molar refractivity (Wildman–Crippen MR) is 96.0 cm³/mol. The third kappa shape index (κ3) is 3.84. The monoisotopic (exact) mass is 400 g/mol. The molecule has 0 aliphatic carbocycles. The predicted octanol–water partition coefficient (Wildman–Crippen LogP) is 3.28. The average Bonchev–Trinajstić information content (AvgIpc) is 2.93. The SMILES string of the molecule is Cc1ccccc1C(=O)N1CC/C(=N/OS(=O)(=O)O)c2sc(Cl)cc21. The maximum atomic E-state index is 12.9. The molecule has 10 heteroatoms. The second-order valence-corrected chi connectivity index (χ2v) is 8.01. The Labute approximate surface area is 153 Å². The van der Waals surface area contributed by atoms with Crippen LogP contribution in [-0.4, -0.2) is 31.1 Å². The first-order valence-electron chi connectivity index (χ1n) is 7.16. The van der Waals surface area contributed by atoms with Crippen molar-refractivity contribution in [3.05, 3.63) is 50.7 Å². The number of hydrogen-bond acceptors (Lipinski definition) is 6. The highest BCUT2D eigenvalue weighted by Gasteiger charge is 2.30. The number of oxime groups is 1. The minimum atomic E-state index is -4.69. The van der Waals surface area contributed by atoms with Gasteiger partial charge >= 0.3 is 10.4 Å². The van der Waals surface area contributed by atoms with Crippen molar-refractivity contribution in [3.63, 3.8) is 0 Å². The molecule has 1 aromatic carbocycles. The van der Waals surface area contributed by atoms with Gasteiger partial charge in [-0.25, -0.2) is 4.28 Å². The maximum absolute atomic E-state index is 12.9. The molecule has 0 spiro atoms. The van der Waals surface area contributed by atoms with Crippen molar-refractivity contribution in [1.29, 1.82) is 0 Å². The van der Waals surface area contributed by atoms with Gasteiger partial charge in [-0.2, -0.15) is 8.42 Å². The Balaban J connectivity index is 1.99. The van der Waals surface area contributed by atoms with Crippen molar-refractivity contribution in [3.8, 4) is 0 Å². The van der Waals surface area contributed by atoms with Crippen molar-refractivity contribution < 1.29 is 22.0 Å². The van der Waals surface area contributed by atoms with Crippen LogP contribution in [-0.2, 0) is 14.7 Å². The summed E-state index contributed by atoms with van der Waals surface area (Å²) in [7, 11) is -4.69. The Hall–Kier alpha value is -1.94. The van der Waals surface area contributed by atoms with E-state index in [0.29, 0.717) is 26.2 Å². The van der Waals surface area contributed by atoms with E-state index in [2.05, 4.69) is 9.44 Å². The summed E-state index contributed by atoms with van der Waals surface area (Å²) in [5, 5.41) is 3.49. The van der Waals surface area contributed by atoms with Crippen molar-refractivity contribution in [2.75, 3.05) is 11.4 Å². The minimum Gasteiger partial charge on any atom is -0.306 e. The van der Waals surface area contributed by atoms with Crippen LogP contribution in [0.5, 0.6) is 0 Å². The van der Waals surface area contributed by atoms with Gasteiger partial charge in [-0.15, -0.1) is 11.3 Å². The molecule has 1 aliphatic rings. The van der Waals surface area contributed by atoms with E-state index in [0.717, 1.165) is 16.9 Å². The Morgan fingerprint density at radius 2 is 2.12 bits per heavy atom. The number of benzene rings is 1. The fourth-order valence-electron chi connectivity index (χ4n) is 2.56. The van der Waals surface area contributed by atoms with Crippen molar-refractivity contribution in [1.82, 2.24) is 0 Å². The maximum Gasteiger partial charge on any atom is 0.466 e. The second kappa shape index (κ2) is 6.75. The third-order valence-electron chi connectivity index (χ3n) is 3.67. The lowest BCUT2D eigenvalue weighted by molar-refractivity contribution is 0.0986. The van der Waals surface area contributed by atoms with E-state index in [1.807, 2.05) is 19.1 Å². The first kappa shape index (κ1) is 17.9. The number of thiophene rings is 1. The number of fused-ring (bicyclic) bond motifs is 1. The van der Waals surface area contributed by atoms with E-state index in [9.17, 15) is 13.2 Å². The van der Waals surface area contributed by atoms with Gasteiger partial charge in [-0.3, -0.25) is 9.35 Å². The fraction of sp³-hybridized carbons (Fsp3) is 0.200. The van der Waals surface area contributed by atoms with Crippen molar-refractivity contribution in [2.45, 2.75) is 13.3 Å². The van der Waals surface area contributed by atoms with Crippen molar-refractivity contribution >= 4 is 50.6 Å². The van der Waals surface area contributed by atoms with Gasteiger partial charge in [-0.05, 0) is 24.6 Å². The molecule has 0 fully saturated rings. The molecule has 2 heterocycles. The Morgan fingerprint density at radius 3 is 2.80 bits per heavy atom. The van der Waals surface area contributed by atoms with Crippen LogP contribution in [0.15, 0.2) is 35.5 Å². The zero-order valence-corrected chi connectivity index (χ0v) is 15.4. The highest BCUT2D eigenvalue weighted by Crippen LogP contribution is 2.38. The van der Waals surface area contributed by atoms with Crippen LogP contribution in [0.1, 0.15) is 27.2 Å². The fourth-order valence-corrected chi connectivity index (χ4v) is 3.97. The van der Waals surface area contributed by atoms with Crippen LogP contribution < -0.4 is 4.90 Å². The van der Waals surface area contributed by atoms with Crippen LogP contribution >= 0.6 is 22.9 Å². The van der Waals surface area contributed by atoms with E-state index in [4.69, 9.17) is 16.2 Å². The van der Waals surface area contributed by atoms with Crippen LogP contribution in [0.3, 0.4) is 0 Å². The highest BCUT2D eigenvalue weighted by molar-refractivity contribution is 7.80. The first-order chi connectivity index (χ1) is 11.8. The molecule has 25 heavy (non-hydrogen) atoms. The van der Waals surface area contributed by atoms with Gasteiger partial charge in [-0.1, -0.05) is 35.0 Å². The van der Waals surface area contributed by atoms with E-state index in [1.165, 1.54) is 0 Å². The topological polar surface area (TPSA) is 96.3 Å². The number of carbonyl (C=O) groups excluding carboxylic acids is 1. The lowest BCUT2D eigenvalue weighted by Crippen LogP contribution is -2.37. The molecule has 3 rings (SSSR count). The lowest BCUT2D eigenvalue weighted by atomic mass is 10.0. The first-order valence-corrected chi connectivity index (χ1v) is 9.72. The Bertz CT molecular complexity index is 968. The number of rotatable bonds is 3. The number of carbonyl (C=O) groups is 1. The van der Waals surface area contributed by atoms with Crippen LogP contribution in [0.4, 0.5) is 5.69 Å². The van der Waals surface area contributed by atoms with E-state index < -0.39 is 10.4 Å². The Kier molecular flexibility index (Phi) is 4.83. The normalized spacial score (nSPS) is 16.0. The molecule has 0 radical (unpaired) electrons. The molecule has 0 unspecified atom stereocenters. The molecule has 132 valence electrons. The number of nitrogens with zero attached hydrogens (tertiary/aromatic N) is 2. The molecular formula is C15H13ClN2O5S2. The summed E-state index contributed by atoms with van der Waals surface area (Å²) in [4.78, 5) is 15.0. The van der Waals surface area contributed by atoms with Crippen LogP contribution in [0.25, 0.3) is 0 Å². The quantitative estimate of drug-likeness (QED) is 0.630. The molecule has 7 nitrogen and oxygen atoms in total. The van der Waals surface area contributed by atoms with Crippen LogP contribution in [0.2, 0.25) is 4.34 Å². The second-order valence-electron chi connectivity index (χ2n) is 5.33. The van der Waals surface area contributed by atoms with Gasteiger partial charge < -0.3 is 4.90 Å².